The van der Waals surface area contributed by atoms with Crippen molar-refractivity contribution >= 4 is 0 Å². The lowest BCUT2D eigenvalue weighted by Crippen LogP contribution is -3.02. The highest BCUT2D eigenvalue weighted by Gasteiger charge is 2.33. The molecule has 1 heterocycles. The fraction of sp³-hybridized carbons (Fsp3) is 1.00. The number of aliphatic hydroxyl groups is 1. The van der Waals surface area contributed by atoms with Gasteiger partial charge in [0.15, 0.2) is 5.60 Å². The zero-order valence-electron chi connectivity index (χ0n) is 5.94. The topological polar surface area (TPSA) is 36.8 Å². The molecule has 8 heavy (non-hydrogen) atoms. The van der Waals surface area contributed by atoms with E-state index in [9.17, 15) is 0 Å². The minimum Gasteiger partial charge on any atom is -0.379 e. The van der Waals surface area contributed by atoms with E-state index in [1.54, 1.807) is 0 Å². The van der Waals surface area contributed by atoms with Gasteiger partial charge in [-0.3, -0.25) is 0 Å². The zero-order valence-corrected chi connectivity index (χ0v) is 5.94. The Hall–Kier alpha value is -0.0800. The molecular weight excluding hydrogens is 102 g/mol. The number of quaternary nitrogens is 1. The van der Waals surface area contributed by atoms with Crippen LogP contribution < -0.4 is 5.32 Å². The predicted molar refractivity (Wildman–Crippen MR) is 33.6 cm³/mol. The molecule has 1 aliphatic heterocycles. The van der Waals surface area contributed by atoms with E-state index in [4.69, 9.17) is 5.11 Å². The molecule has 1 fully saturated rings. The minimum absolute atomic E-state index is 0.333. The molecule has 0 aromatic carbocycles. The molecule has 2 heteroatoms. The van der Waals surface area contributed by atoms with E-state index < -0.39 is 0 Å². The fourth-order valence-corrected chi connectivity index (χ4v) is 0.562. The average Bonchev–Trinajstić information content (AvgIpc) is 1.69. The second-order valence-corrected chi connectivity index (χ2v) is 2.19. The summed E-state index contributed by atoms with van der Waals surface area (Å²) < 4.78 is 0. The zero-order chi connectivity index (χ0) is 6.62. The maximum Gasteiger partial charge on any atom is 0.159 e. The van der Waals surface area contributed by atoms with Crippen molar-refractivity contribution in [3.05, 3.63) is 0 Å². The maximum absolute atomic E-state index is 8.88. The van der Waals surface area contributed by atoms with Gasteiger partial charge >= 0.3 is 0 Å². The molecule has 1 aliphatic rings. The highest BCUT2D eigenvalue weighted by Crippen LogP contribution is 1.98. The van der Waals surface area contributed by atoms with E-state index in [0.717, 1.165) is 13.1 Å². The first-order valence-electron chi connectivity index (χ1n) is 3.25. The van der Waals surface area contributed by atoms with Crippen molar-refractivity contribution in [2.24, 2.45) is 0 Å². The number of hydrogen-bond donors (Lipinski definition) is 2. The summed E-state index contributed by atoms with van der Waals surface area (Å²) in [5.41, 5.74) is -0.333. The standard InChI is InChI=1S/C4H9NO.C2H6/c1-4(6)2-5-3-4;1-2/h5-6H,2-3H2,1H3;1-2H3/p+1. The van der Waals surface area contributed by atoms with Gasteiger partial charge in [-0.1, -0.05) is 13.8 Å². The summed E-state index contributed by atoms with van der Waals surface area (Å²) in [6.45, 7) is 7.62. The SMILES string of the molecule is CC.CC1(O)C[NH2+]C1. The van der Waals surface area contributed by atoms with Crippen molar-refractivity contribution in [1.82, 2.24) is 0 Å². The van der Waals surface area contributed by atoms with E-state index in [1.807, 2.05) is 20.8 Å². The van der Waals surface area contributed by atoms with Crippen molar-refractivity contribution in [2.75, 3.05) is 13.1 Å². The average molecular weight is 118 g/mol. The Bertz CT molecular complexity index is 55.5. The Labute approximate surface area is 50.9 Å². The normalized spacial score (nSPS) is 22.5. The van der Waals surface area contributed by atoms with Gasteiger partial charge in [-0.25, -0.2) is 0 Å². The molecular formula is C6H16NO+. The van der Waals surface area contributed by atoms with Gasteiger partial charge in [-0.2, -0.15) is 0 Å². The van der Waals surface area contributed by atoms with E-state index in [1.165, 1.54) is 0 Å². The van der Waals surface area contributed by atoms with Crippen LogP contribution in [-0.2, 0) is 0 Å². The molecule has 3 N–H and O–H groups in total. The van der Waals surface area contributed by atoms with Crippen LogP contribution in [0.1, 0.15) is 20.8 Å². The second-order valence-electron chi connectivity index (χ2n) is 2.19. The molecule has 0 aromatic heterocycles. The van der Waals surface area contributed by atoms with Crippen LogP contribution in [0.2, 0.25) is 0 Å². The molecule has 1 rings (SSSR count). The molecule has 0 aromatic rings. The highest BCUT2D eigenvalue weighted by molar-refractivity contribution is 4.73. The van der Waals surface area contributed by atoms with Crippen molar-refractivity contribution in [2.45, 2.75) is 26.4 Å². The summed E-state index contributed by atoms with van der Waals surface area (Å²) in [5.74, 6) is 0. The molecule has 0 saturated carbocycles. The predicted octanol–water partition coefficient (Wildman–Crippen LogP) is -0.659. The van der Waals surface area contributed by atoms with Gasteiger partial charge in [0.2, 0.25) is 0 Å². The lowest BCUT2D eigenvalue weighted by molar-refractivity contribution is -0.740. The van der Waals surface area contributed by atoms with Gasteiger partial charge in [0.25, 0.3) is 0 Å². The number of hydrogen-bond acceptors (Lipinski definition) is 1. The first kappa shape index (κ1) is 7.92. The lowest BCUT2D eigenvalue weighted by Gasteiger charge is -2.28. The molecule has 0 unspecified atom stereocenters. The summed E-state index contributed by atoms with van der Waals surface area (Å²) in [5, 5.41) is 11.0. The molecule has 0 radical (unpaired) electrons. The highest BCUT2D eigenvalue weighted by atomic mass is 16.3. The molecule has 0 spiro atoms. The molecule has 2 nitrogen and oxygen atoms in total. The number of rotatable bonds is 0. The van der Waals surface area contributed by atoms with Crippen molar-refractivity contribution < 1.29 is 10.4 Å². The first-order chi connectivity index (χ1) is 3.71. The van der Waals surface area contributed by atoms with Crippen molar-refractivity contribution in [1.29, 1.82) is 0 Å². The third-order valence-corrected chi connectivity index (χ3v) is 1.17. The van der Waals surface area contributed by atoms with Crippen LogP contribution in [0.4, 0.5) is 0 Å². The van der Waals surface area contributed by atoms with E-state index in [2.05, 4.69) is 5.32 Å². The Kier molecular flexibility index (Phi) is 3.02. The van der Waals surface area contributed by atoms with Gasteiger partial charge < -0.3 is 10.4 Å². The summed E-state index contributed by atoms with van der Waals surface area (Å²) in [6, 6.07) is 0. The van der Waals surface area contributed by atoms with Crippen LogP contribution in [0.15, 0.2) is 0 Å². The van der Waals surface area contributed by atoms with Crippen molar-refractivity contribution in [3.8, 4) is 0 Å². The van der Waals surface area contributed by atoms with Gasteiger partial charge in [0, 0.05) is 0 Å². The Morgan fingerprint density at radius 2 is 1.62 bits per heavy atom. The smallest absolute Gasteiger partial charge is 0.159 e. The van der Waals surface area contributed by atoms with Crippen LogP contribution >= 0.6 is 0 Å². The molecule has 50 valence electrons. The summed E-state index contributed by atoms with van der Waals surface area (Å²) in [6.07, 6.45) is 0. The Morgan fingerprint density at radius 3 is 1.62 bits per heavy atom. The van der Waals surface area contributed by atoms with Gasteiger partial charge in [0.1, 0.15) is 13.1 Å². The van der Waals surface area contributed by atoms with E-state index in [-0.39, 0.29) is 5.60 Å². The van der Waals surface area contributed by atoms with Gasteiger partial charge in [-0.05, 0) is 6.92 Å². The first-order valence-corrected chi connectivity index (χ1v) is 3.25. The second kappa shape index (κ2) is 3.05. The third-order valence-electron chi connectivity index (χ3n) is 1.17. The third kappa shape index (κ3) is 2.28. The van der Waals surface area contributed by atoms with Crippen LogP contribution in [0.3, 0.4) is 0 Å². The Balaban J connectivity index is 0.000000222. The maximum atomic E-state index is 8.88. The molecule has 0 amide bonds. The van der Waals surface area contributed by atoms with Crippen LogP contribution in [0.5, 0.6) is 0 Å². The largest absolute Gasteiger partial charge is 0.379 e. The van der Waals surface area contributed by atoms with Crippen LogP contribution in [-0.4, -0.2) is 23.8 Å². The molecule has 0 aliphatic carbocycles. The van der Waals surface area contributed by atoms with Crippen LogP contribution in [0.25, 0.3) is 0 Å². The fourth-order valence-electron chi connectivity index (χ4n) is 0.562. The molecule has 0 bridgehead atoms. The van der Waals surface area contributed by atoms with E-state index in [0.29, 0.717) is 0 Å². The van der Waals surface area contributed by atoms with Gasteiger partial charge in [0.05, 0.1) is 0 Å². The Morgan fingerprint density at radius 1 is 1.38 bits per heavy atom. The molecule has 0 atom stereocenters. The monoisotopic (exact) mass is 118 g/mol. The summed E-state index contributed by atoms with van der Waals surface area (Å²) in [4.78, 5) is 0. The summed E-state index contributed by atoms with van der Waals surface area (Å²) >= 11 is 0. The van der Waals surface area contributed by atoms with Crippen molar-refractivity contribution in [3.63, 3.8) is 0 Å². The number of nitrogens with two attached hydrogens (primary N) is 1. The van der Waals surface area contributed by atoms with Gasteiger partial charge in [-0.15, -0.1) is 0 Å². The van der Waals surface area contributed by atoms with E-state index >= 15 is 0 Å². The lowest BCUT2D eigenvalue weighted by atomic mass is 10.0. The quantitative estimate of drug-likeness (QED) is 0.435. The van der Waals surface area contributed by atoms with Crippen LogP contribution in [0, 0.1) is 0 Å². The minimum atomic E-state index is -0.333. The summed E-state index contributed by atoms with van der Waals surface area (Å²) in [7, 11) is 0. The molecule has 1 saturated heterocycles.